The lowest BCUT2D eigenvalue weighted by Crippen LogP contribution is -2.56. The summed E-state index contributed by atoms with van der Waals surface area (Å²) in [7, 11) is 0. The van der Waals surface area contributed by atoms with Gasteiger partial charge in [-0.15, -0.1) is 0 Å². The van der Waals surface area contributed by atoms with E-state index in [1.165, 1.54) is 6.42 Å². The van der Waals surface area contributed by atoms with Gasteiger partial charge < -0.3 is 16.2 Å². The van der Waals surface area contributed by atoms with E-state index in [-0.39, 0.29) is 11.7 Å². The van der Waals surface area contributed by atoms with Crippen LogP contribution in [0.5, 0.6) is 5.75 Å². The SMILES string of the molecule is CC1CCCC(N)(C(=O)NCCc2ccc(O)cc2)C1. The molecule has 2 rings (SSSR count). The van der Waals surface area contributed by atoms with Crippen LogP contribution >= 0.6 is 0 Å². The van der Waals surface area contributed by atoms with Gasteiger partial charge in [0.25, 0.3) is 0 Å². The number of phenols is 1. The molecule has 0 saturated heterocycles. The number of amides is 1. The standard InChI is InChI=1S/C16H24N2O2/c1-12-3-2-9-16(17,11-12)15(20)18-10-8-13-4-6-14(19)7-5-13/h4-7,12,19H,2-3,8-11,17H2,1H3,(H,18,20). The van der Waals surface area contributed by atoms with E-state index in [0.717, 1.165) is 31.2 Å². The molecule has 20 heavy (non-hydrogen) atoms. The largest absolute Gasteiger partial charge is 0.508 e. The van der Waals surface area contributed by atoms with Gasteiger partial charge >= 0.3 is 0 Å². The summed E-state index contributed by atoms with van der Waals surface area (Å²) in [5, 5.41) is 12.2. The van der Waals surface area contributed by atoms with Gasteiger partial charge in [-0.1, -0.05) is 31.9 Å². The zero-order valence-corrected chi connectivity index (χ0v) is 12.1. The van der Waals surface area contributed by atoms with Gasteiger partial charge in [0.2, 0.25) is 5.91 Å². The Labute approximate surface area is 120 Å². The van der Waals surface area contributed by atoms with E-state index in [1.807, 2.05) is 12.1 Å². The molecule has 4 heteroatoms. The van der Waals surface area contributed by atoms with Crippen molar-refractivity contribution in [3.8, 4) is 5.75 Å². The highest BCUT2D eigenvalue weighted by Gasteiger charge is 2.37. The molecule has 4 nitrogen and oxygen atoms in total. The van der Waals surface area contributed by atoms with E-state index < -0.39 is 5.54 Å². The summed E-state index contributed by atoms with van der Waals surface area (Å²) in [4.78, 5) is 12.2. The van der Waals surface area contributed by atoms with Crippen LogP contribution in [0.2, 0.25) is 0 Å². The molecule has 4 N–H and O–H groups in total. The lowest BCUT2D eigenvalue weighted by Gasteiger charge is -2.35. The van der Waals surface area contributed by atoms with Crippen molar-refractivity contribution in [2.75, 3.05) is 6.54 Å². The molecular weight excluding hydrogens is 252 g/mol. The summed E-state index contributed by atoms with van der Waals surface area (Å²) in [6.07, 6.45) is 4.50. The van der Waals surface area contributed by atoms with Gasteiger partial charge in [-0.25, -0.2) is 0 Å². The number of benzene rings is 1. The van der Waals surface area contributed by atoms with Crippen LogP contribution in [0.15, 0.2) is 24.3 Å². The van der Waals surface area contributed by atoms with Gasteiger partial charge in [0.15, 0.2) is 0 Å². The molecule has 1 saturated carbocycles. The lowest BCUT2D eigenvalue weighted by atomic mass is 9.76. The Morgan fingerprint density at radius 2 is 2.15 bits per heavy atom. The van der Waals surface area contributed by atoms with Crippen molar-refractivity contribution >= 4 is 5.91 Å². The molecular formula is C16H24N2O2. The second kappa shape index (κ2) is 6.27. The average Bonchev–Trinajstić information content (AvgIpc) is 2.40. The Bertz CT molecular complexity index is 458. The summed E-state index contributed by atoms with van der Waals surface area (Å²) >= 11 is 0. The molecule has 1 amide bonds. The average molecular weight is 276 g/mol. The molecule has 1 aromatic rings. The first-order valence-corrected chi connectivity index (χ1v) is 7.35. The maximum Gasteiger partial charge on any atom is 0.240 e. The number of hydrogen-bond acceptors (Lipinski definition) is 3. The molecule has 2 atom stereocenters. The fourth-order valence-corrected chi connectivity index (χ4v) is 2.96. The Balaban J connectivity index is 1.81. The molecule has 0 radical (unpaired) electrons. The smallest absolute Gasteiger partial charge is 0.240 e. The van der Waals surface area contributed by atoms with Crippen LogP contribution in [0.25, 0.3) is 0 Å². The van der Waals surface area contributed by atoms with Crippen molar-refractivity contribution in [1.82, 2.24) is 5.32 Å². The summed E-state index contributed by atoms with van der Waals surface area (Å²) in [6, 6.07) is 7.04. The molecule has 1 aromatic carbocycles. The van der Waals surface area contributed by atoms with Gasteiger partial charge in [0.1, 0.15) is 5.75 Å². The summed E-state index contributed by atoms with van der Waals surface area (Å²) in [6.45, 7) is 2.74. The number of hydrogen-bond donors (Lipinski definition) is 3. The summed E-state index contributed by atoms with van der Waals surface area (Å²) in [5.74, 6) is 0.759. The third kappa shape index (κ3) is 3.73. The van der Waals surface area contributed by atoms with E-state index in [0.29, 0.717) is 12.5 Å². The highest BCUT2D eigenvalue weighted by molar-refractivity contribution is 5.86. The number of rotatable bonds is 4. The minimum absolute atomic E-state index is 0.0252. The first-order chi connectivity index (χ1) is 9.49. The predicted molar refractivity (Wildman–Crippen MR) is 79.4 cm³/mol. The second-order valence-corrected chi connectivity index (χ2v) is 6.03. The molecule has 110 valence electrons. The maximum atomic E-state index is 12.2. The van der Waals surface area contributed by atoms with E-state index in [9.17, 15) is 9.90 Å². The highest BCUT2D eigenvalue weighted by Crippen LogP contribution is 2.30. The van der Waals surface area contributed by atoms with Crippen molar-refractivity contribution in [2.45, 2.75) is 44.6 Å². The molecule has 0 bridgehead atoms. The number of aromatic hydroxyl groups is 1. The van der Waals surface area contributed by atoms with Gasteiger partial charge in [0.05, 0.1) is 5.54 Å². The third-order valence-corrected chi connectivity index (χ3v) is 4.12. The monoisotopic (exact) mass is 276 g/mol. The quantitative estimate of drug-likeness (QED) is 0.787. The zero-order valence-electron chi connectivity index (χ0n) is 12.1. The molecule has 0 aliphatic heterocycles. The van der Waals surface area contributed by atoms with Crippen LogP contribution in [-0.2, 0) is 11.2 Å². The molecule has 2 unspecified atom stereocenters. The van der Waals surface area contributed by atoms with E-state index in [1.54, 1.807) is 12.1 Å². The van der Waals surface area contributed by atoms with Gasteiger partial charge in [0, 0.05) is 6.54 Å². The molecule has 1 fully saturated rings. The Kier molecular flexibility index (Phi) is 4.65. The number of nitrogens with one attached hydrogen (secondary N) is 1. The Hall–Kier alpha value is -1.55. The third-order valence-electron chi connectivity index (χ3n) is 4.12. The molecule has 1 aliphatic carbocycles. The van der Waals surface area contributed by atoms with E-state index in [2.05, 4.69) is 12.2 Å². The van der Waals surface area contributed by atoms with Crippen molar-refractivity contribution in [1.29, 1.82) is 0 Å². The molecule has 0 aromatic heterocycles. The number of carbonyl (C=O) groups is 1. The number of carbonyl (C=O) groups excluding carboxylic acids is 1. The predicted octanol–water partition coefficient (Wildman–Crippen LogP) is 1.96. The van der Waals surface area contributed by atoms with Gasteiger partial charge in [-0.05, 0) is 42.9 Å². The molecule has 0 heterocycles. The first kappa shape index (κ1) is 14.9. The highest BCUT2D eigenvalue weighted by atomic mass is 16.3. The fraction of sp³-hybridized carbons (Fsp3) is 0.562. The lowest BCUT2D eigenvalue weighted by molar-refractivity contribution is -0.128. The Morgan fingerprint density at radius 1 is 1.45 bits per heavy atom. The first-order valence-electron chi connectivity index (χ1n) is 7.35. The number of phenolic OH excluding ortho intramolecular Hbond substituents is 1. The normalized spacial score (nSPS) is 26.2. The van der Waals surface area contributed by atoms with Gasteiger partial charge in [-0.3, -0.25) is 4.79 Å². The van der Waals surface area contributed by atoms with Crippen molar-refractivity contribution < 1.29 is 9.90 Å². The minimum atomic E-state index is -0.688. The van der Waals surface area contributed by atoms with Crippen LogP contribution in [0.1, 0.15) is 38.2 Å². The van der Waals surface area contributed by atoms with E-state index in [4.69, 9.17) is 5.73 Å². The van der Waals surface area contributed by atoms with Gasteiger partial charge in [-0.2, -0.15) is 0 Å². The van der Waals surface area contributed by atoms with Crippen molar-refractivity contribution in [3.05, 3.63) is 29.8 Å². The van der Waals surface area contributed by atoms with E-state index >= 15 is 0 Å². The molecule has 0 spiro atoms. The fourth-order valence-electron chi connectivity index (χ4n) is 2.96. The minimum Gasteiger partial charge on any atom is -0.508 e. The van der Waals surface area contributed by atoms with Crippen LogP contribution in [0.4, 0.5) is 0 Å². The van der Waals surface area contributed by atoms with Crippen LogP contribution in [0, 0.1) is 5.92 Å². The second-order valence-electron chi connectivity index (χ2n) is 6.03. The topological polar surface area (TPSA) is 75.4 Å². The van der Waals surface area contributed by atoms with Crippen molar-refractivity contribution in [3.63, 3.8) is 0 Å². The molecule has 1 aliphatic rings. The van der Waals surface area contributed by atoms with Crippen molar-refractivity contribution in [2.24, 2.45) is 11.7 Å². The number of nitrogens with two attached hydrogens (primary N) is 1. The van der Waals surface area contributed by atoms with Crippen LogP contribution < -0.4 is 11.1 Å². The maximum absolute atomic E-state index is 12.2. The zero-order chi connectivity index (χ0) is 14.6. The Morgan fingerprint density at radius 3 is 2.80 bits per heavy atom. The van der Waals surface area contributed by atoms with Crippen LogP contribution in [0.3, 0.4) is 0 Å². The summed E-state index contributed by atoms with van der Waals surface area (Å²) < 4.78 is 0. The summed E-state index contributed by atoms with van der Waals surface area (Å²) in [5.41, 5.74) is 6.65. The van der Waals surface area contributed by atoms with Crippen LogP contribution in [-0.4, -0.2) is 23.1 Å².